The summed E-state index contributed by atoms with van der Waals surface area (Å²) in [5, 5.41) is 6.91. The quantitative estimate of drug-likeness (QED) is 0.452. The third-order valence-electron chi connectivity index (χ3n) is 4.53. The van der Waals surface area contributed by atoms with Crippen LogP contribution in [0.15, 0.2) is 64.0 Å². The van der Waals surface area contributed by atoms with Crippen LogP contribution in [0.2, 0.25) is 0 Å². The first-order chi connectivity index (χ1) is 15.1. The van der Waals surface area contributed by atoms with Gasteiger partial charge in [0, 0.05) is 31.1 Å². The molecule has 0 fully saturated rings. The molecule has 1 N–H and O–H groups in total. The van der Waals surface area contributed by atoms with Crippen LogP contribution < -0.4 is 10.1 Å². The number of hydrogen-bond donors (Lipinski definition) is 1. The Morgan fingerprint density at radius 3 is 2.47 bits per heavy atom. The Kier molecular flexibility index (Phi) is 5.43. The van der Waals surface area contributed by atoms with Gasteiger partial charge in [0.25, 0.3) is 12.3 Å². The zero-order valence-corrected chi connectivity index (χ0v) is 17.7. The van der Waals surface area contributed by atoms with Crippen LogP contribution in [0.5, 0.6) is 11.5 Å². The molecule has 2 aromatic heterocycles. The monoisotopic (exact) mass is 461 g/mol. The Balaban J connectivity index is 1.72. The molecule has 0 aliphatic carbocycles. The lowest BCUT2D eigenvalue weighted by molar-refractivity contribution is 0.102. The third-order valence-corrected chi connectivity index (χ3v) is 5.66. The fourth-order valence-corrected chi connectivity index (χ4v) is 3.63. The van der Waals surface area contributed by atoms with E-state index in [1.54, 1.807) is 19.3 Å². The Bertz CT molecular complexity index is 1410. The topological polar surface area (TPSA) is 103 Å². The predicted molar refractivity (Wildman–Crippen MR) is 112 cm³/mol. The van der Waals surface area contributed by atoms with Crippen LogP contribution in [-0.4, -0.2) is 30.4 Å². The zero-order valence-electron chi connectivity index (χ0n) is 16.9. The molecule has 1 amide bonds. The van der Waals surface area contributed by atoms with Gasteiger partial charge in [-0.3, -0.25) is 9.48 Å². The molecule has 4 rings (SSSR count). The van der Waals surface area contributed by atoms with Gasteiger partial charge < -0.3 is 14.5 Å². The number of ether oxygens (including phenoxy) is 1. The number of anilines is 1. The van der Waals surface area contributed by atoms with Crippen LogP contribution in [0, 0.1) is 0 Å². The second kappa shape index (κ2) is 8.08. The number of halogens is 2. The van der Waals surface area contributed by atoms with Gasteiger partial charge >= 0.3 is 0 Å². The number of carbonyl (C=O) groups excluding carboxylic acids is 1. The van der Waals surface area contributed by atoms with Crippen LogP contribution in [0.25, 0.3) is 11.0 Å². The number of furan rings is 1. The van der Waals surface area contributed by atoms with Crippen molar-refractivity contribution in [2.45, 2.75) is 11.3 Å². The molecule has 0 spiro atoms. The first-order valence-electron chi connectivity index (χ1n) is 9.25. The maximum Gasteiger partial charge on any atom is 0.295 e. The second-order valence-corrected chi connectivity index (χ2v) is 9.03. The summed E-state index contributed by atoms with van der Waals surface area (Å²) >= 11 is 0. The summed E-state index contributed by atoms with van der Waals surface area (Å²) in [6.07, 6.45) is -0.127. The molecule has 2 heterocycles. The minimum Gasteiger partial charge on any atom is -0.457 e. The van der Waals surface area contributed by atoms with Gasteiger partial charge in [-0.15, -0.1) is 0 Å². The predicted octanol–water partition coefficient (Wildman–Crippen LogP) is 4.55. The number of carbonyl (C=O) groups is 1. The molecule has 0 saturated heterocycles. The van der Waals surface area contributed by atoms with E-state index in [-0.39, 0.29) is 32.9 Å². The lowest BCUT2D eigenvalue weighted by Gasteiger charge is -2.10. The Morgan fingerprint density at radius 1 is 1.16 bits per heavy atom. The highest BCUT2D eigenvalue weighted by atomic mass is 32.2. The van der Waals surface area contributed by atoms with E-state index in [0.29, 0.717) is 5.82 Å². The standard InChI is InChI=1S/C21H17F2N3O5S/c1-26-8-7-19(25-26)24-21(27)12-9-16(15-11-18(20(22)23)31-17(15)10-12)30-13-3-5-14(6-4-13)32(2,28)29/h3-11,20H,1-2H3,(H,24,25,27). The van der Waals surface area contributed by atoms with Gasteiger partial charge in [-0.25, -0.2) is 17.2 Å². The van der Waals surface area contributed by atoms with Gasteiger partial charge in [0.15, 0.2) is 21.4 Å². The number of aryl methyl sites for hydroxylation is 1. The van der Waals surface area contributed by atoms with Gasteiger partial charge in [-0.2, -0.15) is 5.10 Å². The fraction of sp³-hybridized carbons (Fsp3) is 0.143. The van der Waals surface area contributed by atoms with Crippen LogP contribution in [-0.2, 0) is 16.9 Å². The van der Waals surface area contributed by atoms with E-state index in [1.165, 1.54) is 41.1 Å². The maximum atomic E-state index is 13.2. The molecule has 11 heteroatoms. The fourth-order valence-electron chi connectivity index (χ4n) is 3.00. The number of nitrogens with one attached hydrogen (secondary N) is 1. The summed E-state index contributed by atoms with van der Waals surface area (Å²) in [6, 6.07) is 11.0. The number of rotatable bonds is 6. The molecule has 0 unspecified atom stereocenters. The van der Waals surface area contributed by atoms with E-state index in [2.05, 4.69) is 10.4 Å². The summed E-state index contributed by atoms with van der Waals surface area (Å²) < 4.78 is 62.2. The summed E-state index contributed by atoms with van der Waals surface area (Å²) in [5.41, 5.74) is 0.137. The highest BCUT2D eigenvalue weighted by Crippen LogP contribution is 2.36. The van der Waals surface area contributed by atoms with Crippen LogP contribution in [0.1, 0.15) is 22.5 Å². The lowest BCUT2D eigenvalue weighted by Crippen LogP contribution is -2.12. The first-order valence-corrected chi connectivity index (χ1v) is 11.1. The number of benzene rings is 2. The molecule has 8 nitrogen and oxygen atoms in total. The van der Waals surface area contributed by atoms with Gasteiger partial charge in [0.2, 0.25) is 0 Å². The van der Waals surface area contributed by atoms with Gasteiger partial charge in [0.1, 0.15) is 17.1 Å². The van der Waals surface area contributed by atoms with Crippen molar-refractivity contribution in [1.82, 2.24) is 9.78 Å². The molecule has 0 radical (unpaired) electrons. The Hall–Kier alpha value is -3.73. The zero-order chi connectivity index (χ0) is 23.0. The minimum atomic E-state index is -3.39. The van der Waals surface area contributed by atoms with Gasteiger partial charge in [-0.05, 0) is 42.5 Å². The largest absolute Gasteiger partial charge is 0.457 e. The molecular weight excluding hydrogens is 444 g/mol. The van der Waals surface area contributed by atoms with Crippen molar-refractivity contribution in [2.24, 2.45) is 7.05 Å². The molecule has 32 heavy (non-hydrogen) atoms. The molecule has 0 bridgehead atoms. The summed E-state index contributed by atoms with van der Waals surface area (Å²) in [5.74, 6) is -0.459. The van der Waals surface area contributed by atoms with E-state index in [0.717, 1.165) is 12.3 Å². The molecule has 0 aliphatic rings. The molecule has 2 aromatic carbocycles. The number of fused-ring (bicyclic) bond motifs is 1. The Labute approximate surface area is 181 Å². The number of alkyl halides is 2. The van der Waals surface area contributed by atoms with Crippen molar-refractivity contribution in [3.05, 3.63) is 66.1 Å². The number of amides is 1. The van der Waals surface area contributed by atoms with E-state index in [9.17, 15) is 22.0 Å². The van der Waals surface area contributed by atoms with Crippen molar-refractivity contribution >= 4 is 32.5 Å². The van der Waals surface area contributed by atoms with Crippen molar-refractivity contribution in [1.29, 1.82) is 0 Å². The van der Waals surface area contributed by atoms with E-state index in [4.69, 9.17) is 9.15 Å². The smallest absolute Gasteiger partial charge is 0.295 e. The van der Waals surface area contributed by atoms with Gasteiger partial charge in [-0.1, -0.05) is 0 Å². The third kappa shape index (κ3) is 4.47. The Morgan fingerprint density at radius 2 is 1.88 bits per heavy atom. The average molecular weight is 461 g/mol. The molecule has 166 valence electrons. The molecule has 0 aliphatic heterocycles. The van der Waals surface area contributed by atoms with E-state index < -0.39 is 27.9 Å². The maximum absolute atomic E-state index is 13.2. The second-order valence-electron chi connectivity index (χ2n) is 7.01. The van der Waals surface area contributed by atoms with Gasteiger partial charge in [0.05, 0.1) is 10.3 Å². The van der Waals surface area contributed by atoms with Crippen LogP contribution >= 0.6 is 0 Å². The SMILES string of the molecule is Cn1ccc(NC(=O)c2cc(Oc3ccc(S(C)(=O)=O)cc3)c3cc(C(F)F)oc3c2)n1. The highest BCUT2D eigenvalue weighted by molar-refractivity contribution is 7.90. The lowest BCUT2D eigenvalue weighted by atomic mass is 10.1. The summed E-state index contributed by atoms with van der Waals surface area (Å²) in [4.78, 5) is 12.8. The van der Waals surface area contributed by atoms with Crippen molar-refractivity contribution in [2.75, 3.05) is 11.6 Å². The van der Waals surface area contributed by atoms with Crippen LogP contribution in [0.4, 0.5) is 14.6 Å². The van der Waals surface area contributed by atoms with E-state index in [1.807, 2.05) is 0 Å². The van der Waals surface area contributed by atoms with Crippen molar-refractivity contribution in [3.63, 3.8) is 0 Å². The van der Waals surface area contributed by atoms with Crippen LogP contribution in [0.3, 0.4) is 0 Å². The molecule has 0 atom stereocenters. The first kappa shape index (κ1) is 21.5. The number of aromatic nitrogens is 2. The van der Waals surface area contributed by atoms with Crippen molar-refractivity contribution < 1.29 is 31.1 Å². The minimum absolute atomic E-state index is 0.0386. The number of nitrogens with zero attached hydrogens (tertiary/aromatic N) is 2. The summed E-state index contributed by atoms with van der Waals surface area (Å²) in [7, 11) is -1.70. The molecule has 4 aromatic rings. The normalized spacial score (nSPS) is 11.8. The number of sulfone groups is 1. The average Bonchev–Trinajstić information content (AvgIpc) is 3.34. The molecule has 0 saturated carbocycles. The number of hydrogen-bond acceptors (Lipinski definition) is 6. The highest BCUT2D eigenvalue weighted by Gasteiger charge is 2.20. The molecular formula is C21H17F2N3O5S. The van der Waals surface area contributed by atoms with E-state index >= 15 is 0 Å². The summed E-state index contributed by atoms with van der Waals surface area (Å²) in [6.45, 7) is 0. The van der Waals surface area contributed by atoms with Crippen molar-refractivity contribution in [3.8, 4) is 11.5 Å².